The van der Waals surface area contributed by atoms with Crippen molar-refractivity contribution >= 4 is 17.3 Å². The Morgan fingerprint density at radius 2 is 2.19 bits per heavy atom. The van der Waals surface area contributed by atoms with Gasteiger partial charge in [0.25, 0.3) is 0 Å². The molecule has 5 nitrogen and oxygen atoms in total. The number of aryl methyl sites for hydroxylation is 1. The zero-order chi connectivity index (χ0) is 15.2. The van der Waals surface area contributed by atoms with Crippen LogP contribution in [0.3, 0.4) is 0 Å². The van der Waals surface area contributed by atoms with E-state index in [9.17, 15) is 4.79 Å². The average molecular weight is 307 g/mol. The summed E-state index contributed by atoms with van der Waals surface area (Å²) in [5, 5.41) is 9.55. The highest BCUT2D eigenvalue weighted by Crippen LogP contribution is 2.34. The number of thiazole rings is 1. The van der Waals surface area contributed by atoms with E-state index in [0.29, 0.717) is 24.5 Å². The molecule has 0 fully saturated rings. The van der Waals surface area contributed by atoms with Crippen molar-refractivity contribution in [3.05, 3.63) is 29.3 Å². The van der Waals surface area contributed by atoms with Crippen LogP contribution in [-0.4, -0.2) is 29.8 Å². The maximum atomic E-state index is 10.6. The van der Waals surface area contributed by atoms with E-state index >= 15 is 0 Å². The number of rotatable bonds is 7. The fourth-order valence-electron chi connectivity index (χ4n) is 1.86. The fourth-order valence-corrected chi connectivity index (χ4v) is 2.77. The number of benzene rings is 1. The number of aromatic nitrogens is 1. The molecule has 6 heteroatoms. The van der Waals surface area contributed by atoms with Gasteiger partial charge in [-0.2, -0.15) is 0 Å². The molecule has 0 saturated carbocycles. The minimum Gasteiger partial charge on any atom is -0.493 e. The lowest BCUT2D eigenvalue weighted by Crippen LogP contribution is -1.95. The first kappa shape index (κ1) is 15.3. The van der Waals surface area contributed by atoms with Crippen molar-refractivity contribution in [2.75, 3.05) is 13.7 Å². The van der Waals surface area contributed by atoms with Crippen molar-refractivity contribution in [3.63, 3.8) is 0 Å². The summed E-state index contributed by atoms with van der Waals surface area (Å²) >= 11 is 1.50. The Labute approximate surface area is 127 Å². The first-order valence-electron chi connectivity index (χ1n) is 6.61. The molecule has 0 aliphatic carbocycles. The predicted octanol–water partition coefficient (Wildman–Crippen LogP) is 3.23. The average Bonchev–Trinajstić information content (AvgIpc) is 2.94. The van der Waals surface area contributed by atoms with Gasteiger partial charge in [-0.05, 0) is 31.5 Å². The second-order valence-corrected chi connectivity index (χ2v) is 5.44. The normalized spacial score (nSPS) is 10.4. The molecule has 0 saturated heterocycles. The van der Waals surface area contributed by atoms with Crippen LogP contribution in [0.5, 0.6) is 11.5 Å². The first-order chi connectivity index (χ1) is 10.1. The third kappa shape index (κ3) is 3.95. The van der Waals surface area contributed by atoms with Crippen molar-refractivity contribution in [2.45, 2.75) is 19.8 Å². The molecule has 0 radical (unpaired) electrons. The molecule has 0 aliphatic heterocycles. The molecular weight excluding hydrogens is 290 g/mol. The molecule has 0 spiro atoms. The van der Waals surface area contributed by atoms with Crippen molar-refractivity contribution in [3.8, 4) is 22.1 Å². The summed E-state index contributed by atoms with van der Waals surface area (Å²) in [6, 6.07) is 5.65. The van der Waals surface area contributed by atoms with Crippen LogP contribution < -0.4 is 9.47 Å². The zero-order valence-corrected chi connectivity index (χ0v) is 12.8. The van der Waals surface area contributed by atoms with Crippen LogP contribution in [0.25, 0.3) is 10.6 Å². The van der Waals surface area contributed by atoms with E-state index in [4.69, 9.17) is 14.6 Å². The third-order valence-electron chi connectivity index (χ3n) is 2.85. The van der Waals surface area contributed by atoms with Crippen LogP contribution in [0.1, 0.15) is 18.2 Å². The van der Waals surface area contributed by atoms with Crippen LogP contribution in [0.2, 0.25) is 0 Å². The number of aliphatic carboxylic acids is 1. The fraction of sp³-hybridized carbons (Fsp3) is 0.333. The van der Waals surface area contributed by atoms with E-state index in [1.807, 2.05) is 25.1 Å². The molecule has 0 aliphatic rings. The summed E-state index contributed by atoms with van der Waals surface area (Å²) in [6.45, 7) is 2.47. The molecule has 2 aromatic rings. The Balaban J connectivity index is 2.21. The summed E-state index contributed by atoms with van der Waals surface area (Å²) < 4.78 is 10.8. The summed E-state index contributed by atoms with van der Waals surface area (Å²) in [5.74, 6) is 0.566. The third-order valence-corrected chi connectivity index (χ3v) is 3.96. The minimum absolute atomic E-state index is 0.119. The number of hydrogen-bond donors (Lipinski definition) is 1. The van der Waals surface area contributed by atoms with E-state index in [-0.39, 0.29) is 6.42 Å². The second-order valence-electron chi connectivity index (χ2n) is 4.32. The first-order valence-corrected chi connectivity index (χ1v) is 7.43. The van der Waals surface area contributed by atoms with Crippen molar-refractivity contribution < 1.29 is 19.4 Å². The highest BCUT2D eigenvalue weighted by Gasteiger charge is 2.10. The van der Waals surface area contributed by atoms with Gasteiger partial charge in [-0.3, -0.25) is 4.79 Å². The van der Waals surface area contributed by atoms with E-state index in [2.05, 4.69) is 4.98 Å². The molecule has 1 aromatic heterocycles. The van der Waals surface area contributed by atoms with E-state index < -0.39 is 5.97 Å². The van der Waals surface area contributed by atoms with Gasteiger partial charge >= 0.3 is 5.97 Å². The minimum atomic E-state index is -0.798. The Morgan fingerprint density at radius 3 is 2.86 bits per heavy atom. The smallest absolute Gasteiger partial charge is 0.303 e. The number of carboxylic acid groups (broad SMARTS) is 1. The lowest BCUT2D eigenvalue weighted by Gasteiger charge is -2.10. The molecule has 1 heterocycles. The van der Waals surface area contributed by atoms with Gasteiger partial charge < -0.3 is 14.6 Å². The number of hydrogen-bond acceptors (Lipinski definition) is 5. The second kappa shape index (κ2) is 7.08. The molecule has 1 N–H and O–H groups in total. The van der Waals surface area contributed by atoms with Crippen LogP contribution in [-0.2, 0) is 11.2 Å². The number of ether oxygens (including phenoxy) is 2. The molecule has 0 amide bonds. The predicted molar refractivity (Wildman–Crippen MR) is 81.2 cm³/mol. The summed E-state index contributed by atoms with van der Waals surface area (Å²) in [4.78, 5) is 15.9. The molecule has 21 heavy (non-hydrogen) atoms. The summed E-state index contributed by atoms with van der Waals surface area (Å²) in [5.41, 5.74) is 0.936. The Hall–Kier alpha value is -2.08. The maximum absolute atomic E-state index is 10.6. The van der Waals surface area contributed by atoms with Crippen LogP contribution in [0.4, 0.5) is 0 Å². The summed E-state index contributed by atoms with van der Waals surface area (Å²) in [6.07, 6.45) is 2.35. The number of carbonyl (C=O) groups is 1. The van der Waals surface area contributed by atoms with Crippen LogP contribution >= 0.6 is 11.3 Å². The molecular formula is C15H17NO4S. The Bertz CT molecular complexity index is 624. The van der Waals surface area contributed by atoms with Crippen LogP contribution in [0.15, 0.2) is 24.4 Å². The zero-order valence-electron chi connectivity index (χ0n) is 12.0. The van der Waals surface area contributed by atoms with Gasteiger partial charge in [0.15, 0.2) is 11.5 Å². The number of methoxy groups -OCH3 is 1. The quantitative estimate of drug-likeness (QED) is 0.850. The van der Waals surface area contributed by atoms with Gasteiger partial charge in [0.1, 0.15) is 5.01 Å². The van der Waals surface area contributed by atoms with Crippen LogP contribution in [0, 0.1) is 0 Å². The highest BCUT2D eigenvalue weighted by atomic mass is 32.1. The summed E-state index contributed by atoms with van der Waals surface area (Å²) in [7, 11) is 1.60. The molecule has 0 bridgehead atoms. The molecule has 2 rings (SSSR count). The van der Waals surface area contributed by atoms with E-state index in [1.165, 1.54) is 11.3 Å². The number of carboxylic acids is 1. The standard InChI is InChI=1S/C15H17NO4S/c1-3-20-13-8-10(4-6-12(13)19-2)15-16-9-11(21-15)5-7-14(17)18/h4,6,8-9H,3,5,7H2,1-2H3,(H,17,18). The van der Waals surface area contributed by atoms with Gasteiger partial charge in [-0.15, -0.1) is 11.3 Å². The SMILES string of the molecule is CCOc1cc(-c2ncc(CCC(=O)O)s2)ccc1OC. The van der Waals surface area contributed by atoms with Crippen molar-refractivity contribution in [2.24, 2.45) is 0 Å². The maximum Gasteiger partial charge on any atom is 0.303 e. The lowest BCUT2D eigenvalue weighted by molar-refractivity contribution is -0.136. The van der Waals surface area contributed by atoms with Crippen molar-refractivity contribution in [1.29, 1.82) is 0 Å². The van der Waals surface area contributed by atoms with Gasteiger partial charge in [0, 0.05) is 16.6 Å². The molecule has 112 valence electrons. The number of nitrogens with zero attached hydrogens (tertiary/aromatic N) is 1. The Morgan fingerprint density at radius 1 is 1.38 bits per heavy atom. The van der Waals surface area contributed by atoms with Gasteiger partial charge in [-0.1, -0.05) is 0 Å². The lowest BCUT2D eigenvalue weighted by atomic mass is 10.2. The van der Waals surface area contributed by atoms with E-state index in [0.717, 1.165) is 15.4 Å². The molecule has 0 unspecified atom stereocenters. The van der Waals surface area contributed by atoms with Gasteiger partial charge in [-0.25, -0.2) is 4.98 Å². The monoisotopic (exact) mass is 307 g/mol. The topological polar surface area (TPSA) is 68.7 Å². The molecule has 0 atom stereocenters. The largest absolute Gasteiger partial charge is 0.493 e. The van der Waals surface area contributed by atoms with E-state index in [1.54, 1.807) is 13.3 Å². The van der Waals surface area contributed by atoms with Gasteiger partial charge in [0.05, 0.1) is 20.1 Å². The Kier molecular flexibility index (Phi) is 5.16. The van der Waals surface area contributed by atoms with Crippen molar-refractivity contribution in [1.82, 2.24) is 4.98 Å². The molecule has 1 aromatic carbocycles. The van der Waals surface area contributed by atoms with Gasteiger partial charge in [0.2, 0.25) is 0 Å². The highest BCUT2D eigenvalue weighted by molar-refractivity contribution is 7.15.